The van der Waals surface area contributed by atoms with E-state index in [-0.39, 0.29) is 11.5 Å². The largest absolute Gasteiger partial charge is 0.379 e. The number of rotatable bonds is 5. The zero-order valence-corrected chi connectivity index (χ0v) is 16.8. The zero-order valence-electron chi connectivity index (χ0n) is 16.8. The fraction of sp³-hybridized carbons (Fsp3) is 0.409. The normalized spacial score (nSPS) is 15.1. The SMILES string of the molecule is CC(C)c1c(-c2cccc(CCN3CCOCC3)c2)nc2c(C#N)c[nH]n2c1=O. The number of hydrogen-bond donors (Lipinski definition) is 1. The van der Waals surface area contributed by atoms with E-state index in [2.05, 4.69) is 28.2 Å². The van der Waals surface area contributed by atoms with Crippen molar-refractivity contribution in [3.63, 3.8) is 0 Å². The number of aromatic amines is 1. The van der Waals surface area contributed by atoms with Gasteiger partial charge in [0.05, 0.1) is 18.9 Å². The summed E-state index contributed by atoms with van der Waals surface area (Å²) in [5, 5.41) is 12.2. The van der Waals surface area contributed by atoms with E-state index < -0.39 is 0 Å². The van der Waals surface area contributed by atoms with Crippen LogP contribution in [0.4, 0.5) is 0 Å². The quantitative estimate of drug-likeness (QED) is 0.722. The van der Waals surface area contributed by atoms with Crippen LogP contribution in [-0.4, -0.2) is 52.3 Å². The standard InChI is InChI=1S/C22H25N5O2/c1-15(2)19-20(25-21-18(13-23)14-24-27(21)22(19)28)17-5-3-4-16(12-17)6-7-26-8-10-29-11-9-26/h3-5,12,14-15,24H,6-11H2,1-2H3. The third kappa shape index (κ3) is 3.82. The van der Waals surface area contributed by atoms with Crippen LogP contribution in [0, 0.1) is 11.3 Å². The van der Waals surface area contributed by atoms with Crippen molar-refractivity contribution >= 4 is 5.65 Å². The van der Waals surface area contributed by atoms with E-state index in [4.69, 9.17) is 9.72 Å². The number of fused-ring (bicyclic) bond motifs is 1. The molecule has 1 N–H and O–H groups in total. The van der Waals surface area contributed by atoms with Crippen LogP contribution in [0.1, 0.15) is 36.5 Å². The second-order valence-electron chi connectivity index (χ2n) is 7.70. The summed E-state index contributed by atoms with van der Waals surface area (Å²) in [7, 11) is 0. The number of ether oxygens (including phenoxy) is 1. The average Bonchev–Trinajstić information content (AvgIpc) is 3.16. The molecule has 7 heteroatoms. The maximum atomic E-state index is 13.1. The summed E-state index contributed by atoms with van der Waals surface area (Å²) in [6, 6.07) is 10.3. The molecule has 0 radical (unpaired) electrons. The lowest BCUT2D eigenvalue weighted by Crippen LogP contribution is -2.37. The molecular weight excluding hydrogens is 366 g/mol. The Labute approximate surface area is 169 Å². The lowest BCUT2D eigenvalue weighted by molar-refractivity contribution is 0.0384. The molecule has 0 bridgehead atoms. The summed E-state index contributed by atoms with van der Waals surface area (Å²) < 4.78 is 6.78. The van der Waals surface area contributed by atoms with Crippen molar-refractivity contribution in [1.82, 2.24) is 19.5 Å². The van der Waals surface area contributed by atoms with Crippen molar-refractivity contribution in [2.75, 3.05) is 32.8 Å². The maximum Gasteiger partial charge on any atom is 0.276 e. The molecule has 0 amide bonds. The first-order valence-corrected chi connectivity index (χ1v) is 10.0. The van der Waals surface area contributed by atoms with Crippen LogP contribution in [0.3, 0.4) is 0 Å². The van der Waals surface area contributed by atoms with Gasteiger partial charge in [0.25, 0.3) is 5.56 Å². The maximum absolute atomic E-state index is 13.1. The van der Waals surface area contributed by atoms with Crippen LogP contribution in [0.2, 0.25) is 0 Å². The predicted molar refractivity (Wildman–Crippen MR) is 111 cm³/mol. The minimum absolute atomic E-state index is 0.00717. The van der Waals surface area contributed by atoms with Gasteiger partial charge in [-0.25, -0.2) is 9.50 Å². The molecule has 3 heterocycles. The molecule has 0 spiro atoms. The molecule has 2 aromatic heterocycles. The Morgan fingerprint density at radius 3 is 2.83 bits per heavy atom. The Morgan fingerprint density at radius 2 is 2.10 bits per heavy atom. The predicted octanol–water partition coefficient (Wildman–Crippen LogP) is 2.56. The first kappa shape index (κ1) is 19.4. The van der Waals surface area contributed by atoms with Crippen LogP contribution >= 0.6 is 0 Å². The van der Waals surface area contributed by atoms with Crippen molar-refractivity contribution in [3.05, 3.63) is 57.5 Å². The van der Waals surface area contributed by atoms with Crippen LogP contribution in [-0.2, 0) is 11.2 Å². The molecule has 7 nitrogen and oxygen atoms in total. The molecule has 150 valence electrons. The number of hydrogen-bond acceptors (Lipinski definition) is 5. The van der Waals surface area contributed by atoms with E-state index in [1.807, 2.05) is 26.0 Å². The molecule has 0 saturated carbocycles. The smallest absolute Gasteiger partial charge is 0.276 e. The fourth-order valence-corrected chi connectivity index (χ4v) is 3.84. The molecule has 1 saturated heterocycles. The van der Waals surface area contributed by atoms with E-state index in [1.54, 1.807) is 0 Å². The second-order valence-corrected chi connectivity index (χ2v) is 7.70. The molecule has 29 heavy (non-hydrogen) atoms. The number of H-pyrrole nitrogens is 1. The first-order chi connectivity index (χ1) is 14.1. The van der Waals surface area contributed by atoms with Crippen molar-refractivity contribution in [1.29, 1.82) is 5.26 Å². The minimum atomic E-state index is -0.153. The minimum Gasteiger partial charge on any atom is -0.379 e. The van der Waals surface area contributed by atoms with Gasteiger partial charge < -0.3 is 4.74 Å². The third-order valence-corrected chi connectivity index (χ3v) is 5.42. The molecule has 3 aromatic rings. The van der Waals surface area contributed by atoms with Gasteiger partial charge in [-0.05, 0) is 24.0 Å². The Bertz CT molecular complexity index is 1120. The Hall–Kier alpha value is -2.95. The summed E-state index contributed by atoms with van der Waals surface area (Å²) in [4.78, 5) is 20.2. The Morgan fingerprint density at radius 1 is 1.31 bits per heavy atom. The summed E-state index contributed by atoms with van der Waals surface area (Å²) >= 11 is 0. The number of morpholine rings is 1. The summed E-state index contributed by atoms with van der Waals surface area (Å²) in [6.45, 7) is 8.49. The summed E-state index contributed by atoms with van der Waals surface area (Å²) in [5.74, 6) is 0.00717. The molecule has 0 atom stereocenters. The Kier molecular flexibility index (Phi) is 5.47. The number of nitrogens with zero attached hydrogens (tertiary/aromatic N) is 4. The van der Waals surface area contributed by atoms with Gasteiger partial charge in [0, 0.05) is 37.0 Å². The molecule has 1 aliphatic rings. The first-order valence-electron chi connectivity index (χ1n) is 10.0. The zero-order chi connectivity index (χ0) is 20.4. The Balaban J connectivity index is 1.73. The van der Waals surface area contributed by atoms with E-state index in [0.29, 0.717) is 22.5 Å². The van der Waals surface area contributed by atoms with Gasteiger partial charge in [-0.2, -0.15) is 5.26 Å². The summed E-state index contributed by atoms with van der Waals surface area (Å²) in [6.07, 6.45) is 2.45. The van der Waals surface area contributed by atoms with Crippen LogP contribution in [0.15, 0.2) is 35.3 Å². The van der Waals surface area contributed by atoms with Gasteiger partial charge in [-0.1, -0.05) is 32.0 Å². The fourth-order valence-electron chi connectivity index (χ4n) is 3.84. The molecular formula is C22H25N5O2. The van der Waals surface area contributed by atoms with E-state index in [9.17, 15) is 10.1 Å². The number of nitriles is 1. The topological polar surface area (TPSA) is 86.4 Å². The second kappa shape index (κ2) is 8.19. The van der Waals surface area contributed by atoms with Crippen LogP contribution in [0.5, 0.6) is 0 Å². The van der Waals surface area contributed by atoms with Gasteiger partial charge in [0.2, 0.25) is 0 Å². The van der Waals surface area contributed by atoms with Crippen molar-refractivity contribution in [3.8, 4) is 17.3 Å². The van der Waals surface area contributed by atoms with Gasteiger partial charge >= 0.3 is 0 Å². The molecule has 0 aliphatic carbocycles. The van der Waals surface area contributed by atoms with Gasteiger partial charge in [-0.15, -0.1) is 0 Å². The summed E-state index contributed by atoms with van der Waals surface area (Å²) in [5.41, 5.74) is 4.02. The highest BCUT2D eigenvalue weighted by Crippen LogP contribution is 2.27. The van der Waals surface area contributed by atoms with E-state index in [1.165, 1.54) is 16.3 Å². The monoisotopic (exact) mass is 391 g/mol. The van der Waals surface area contributed by atoms with E-state index in [0.717, 1.165) is 44.8 Å². The van der Waals surface area contributed by atoms with Crippen LogP contribution < -0.4 is 5.56 Å². The van der Waals surface area contributed by atoms with E-state index >= 15 is 0 Å². The van der Waals surface area contributed by atoms with Crippen molar-refractivity contribution in [2.24, 2.45) is 0 Å². The van der Waals surface area contributed by atoms with Crippen LogP contribution in [0.25, 0.3) is 16.9 Å². The highest BCUT2D eigenvalue weighted by molar-refractivity contribution is 5.68. The van der Waals surface area contributed by atoms with Crippen molar-refractivity contribution < 1.29 is 4.74 Å². The molecule has 1 aliphatic heterocycles. The lowest BCUT2D eigenvalue weighted by Gasteiger charge is -2.26. The van der Waals surface area contributed by atoms with Gasteiger partial charge in [0.1, 0.15) is 11.6 Å². The third-order valence-electron chi connectivity index (χ3n) is 5.42. The highest BCUT2D eigenvalue weighted by atomic mass is 16.5. The average molecular weight is 391 g/mol. The molecule has 0 unspecified atom stereocenters. The molecule has 1 fully saturated rings. The molecule has 1 aromatic carbocycles. The lowest BCUT2D eigenvalue weighted by atomic mass is 9.96. The molecule has 4 rings (SSSR count). The van der Waals surface area contributed by atoms with Gasteiger partial charge in [0.15, 0.2) is 5.65 Å². The number of nitrogens with one attached hydrogen (secondary N) is 1. The number of benzene rings is 1. The highest BCUT2D eigenvalue weighted by Gasteiger charge is 2.20. The van der Waals surface area contributed by atoms with Crippen molar-refractivity contribution in [2.45, 2.75) is 26.2 Å². The van der Waals surface area contributed by atoms with Gasteiger partial charge in [-0.3, -0.25) is 14.8 Å². The number of aromatic nitrogens is 3.